The van der Waals surface area contributed by atoms with Gasteiger partial charge < -0.3 is 10.4 Å². The van der Waals surface area contributed by atoms with Crippen LogP contribution in [-0.4, -0.2) is 40.0 Å². The molecule has 6 nitrogen and oxygen atoms in total. The number of nitrogens with one attached hydrogen (secondary N) is 1. The predicted octanol–water partition coefficient (Wildman–Crippen LogP) is 0.348. The van der Waals surface area contributed by atoms with E-state index in [4.69, 9.17) is 5.11 Å². The monoisotopic (exact) mass is 226 g/mol. The van der Waals surface area contributed by atoms with Gasteiger partial charge >= 0.3 is 12.0 Å². The lowest BCUT2D eigenvalue weighted by atomic mass is 9.99. The number of aliphatic carboxylic acids is 1. The van der Waals surface area contributed by atoms with Crippen molar-refractivity contribution < 1.29 is 19.5 Å². The van der Waals surface area contributed by atoms with Crippen LogP contribution in [0, 0.1) is 0 Å². The number of hydrogen-bond acceptors (Lipinski definition) is 3. The Bertz CT molecular complexity index is 377. The molecule has 16 heavy (non-hydrogen) atoms. The molecule has 3 amide bonds. The summed E-state index contributed by atoms with van der Waals surface area (Å²) in [7, 11) is 0. The fourth-order valence-electron chi connectivity index (χ4n) is 1.39. The Kier molecular flexibility index (Phi) is 3.02. The van der Waals surface area contributed by atoms with Crippen LogP contribution in [-0.2, 0) is 9.59 Å². The van der Waals surface area contributed by atoms with E-state index in [0.29, 0.717) is 6.42 Å². The molecule has 0 bridgehead atoms. The summed E-state index contributed by atoms with van der Waals surface area (Å²) in [6.07, 6.45) is 0.452. The minimum absolute atomic E-state index is 0.191. The quantitative estimate of drug-likeness (QED) is 0.535. The summed E-state index contributed by atoms with van der Waals surface area (Å²) in [6, 6.07) is -0.572. The number of nitrogens with zero attached hydrogens (tertiary/aromatic N) is 1. The molecule has 1 aliphatic rings. The molecule has 0 aromatic carbocycles. The van der Waals surface area contributed by atoms with Crippen LogP contribution in [0.2, 0.25) is 0 Å². The van der Waals surface area contributed by atoms with Crippen LogP contribution in [0.5, 0.6) is 0 Å². The molecule has 0 radical (unpaired) electrons. The summed E-state index contributed by atoms with van der Waals surface area (Å²) in [4.78, 5) is 34.7. The van der Waals surface area contributed by atoms with Crippen molar-refractivity contribution in [1.29, 1.82) is 0 Å². The Balaban J connectivity index is 2.84. The standard InChI is InChI=1S/C10H14N2O4/c1-4-10(3)8(15)12(9(16)11-10)5-6(2)7(13)14/h2,4-5H2,1,3H3,(H,11,16)(H,13,14). The highest BCUT2D eigenvalue weighted by Crippen LogP contribution is 2.21. The minimum atomic E-state index is -1.22. The number of carboxylic acid groups (broad SMARTS) is 1. The lowest BCUT2D eigenvalue weighted by Gasteiger charge is -2.19. The van der Waals surface area contributed by atoms with Crippen molar-refractivity contribution in [1.82, 2.24) is 10.2 Å². The number of carboxylic acids is 1. The van der Waals surface area contributed by atoms with E-state index in [1.165, 1.54) is 0 Å². The molecule has 6 heteroatoms. The Morgan fingerprint density at radius 1 is 1.56 bits per heavy atom. The number of carbonyl (C=O) groups is 3. The fourth-order valence-corrected chi connectivity index (χ4v) is 1.39. The van der Waals surface area contributed by atoms with Crippen LogP contribution in [0.25, 0.3) is 0 Å². The Hall–Kier alpha value is -1.85. The van der Waals surface area contributed by atoms with E-state index in [1.54, 1.807) is 13.8 Å². The highest BCUT2D eigenvalue weighted by Gasteiger charge is 2.46. The highest BCUT2D eigenvalue weighted by molar-refractivity contribution is 6.07. The molecule has 88 valence electrons. The second kappa shape index (κ2) is 3.96. The first kappa shape index (κ1) is 12.2. The number of amides is 3. The van der Waals surface area contributed by atoms with Crippen molar-refractivity contribution in [2.75, 3.05) is 6.54 Å². The number of imide groups is 1. The highest BCUT2D eigenvalue weighted by atomic mass is 16.4. The summed E-state index contributed by atoms with van der Waals surface area (Å²) in [5.74, 6) is -1.63. The van der Waals surface area contributed by atoms with Gasteiger partial charge in [-0.25, -0.2) is 9.59 Å². The minimum Gasteiger partial charge on any atom is -0.478 e. The van der Waals surface area contributed by atoms with Crippen LogP contribution in [0.1, 0.15) is 20.3 Å². The molecule has 1 atom stereocenters. The first-order valence-electron chi connectivity index (χ1n) is 4.87. The Morgan fingerprint density at radius 2 is 2.12 bits per heavy atom. The van der Waals surface area contributed by atoms with Crippen LogP contribution in [0.3, 0.4) is 0 Å². The summed E-state index contributed by atoms with van der Waals surface area (Å²) in [6.45, 7) is 6.38. The zero-order valence-electron chi connectivity index (χ0n) is 9.24. The molecule has 0 aromatic heterocycles. The van der Waals surface area contributed by atoms with E-state index < -0.39 is 23.4 Å². The summed E-state index contributed by atoms with van der Waals surface area (Å²) in [5.41, 5.74) is -1.13. The molecule has 1 heterocycles. The lowest BCUT2D eigenvalue weighted by Crippen LogP contribution is -2.43. The molecule has 1 rings (SSSR count). The van der Waals surface area contributed by atoms with E-state index >= 15 is 0 Å². The SMILES string of the molecule is C=C(CN1C(=O)NC(C)(CC)C1=O)C(=O)O. The van der Waals surface area contributed by atoms with Gasteiger partial charge in [0.15, 0.2) is 0 Å². The summed E-state index contributed by atoms with van der Waals surface area (Å²) >= 11 is 0. The maximum absolute atomic E-state index is 11.8. The summed E-state index contributed by atoms with van der Waals surface area (Å²) < 4.78 is 0. The molecule has 1 saturated heterocycles. The van der Waals surface area contributed by atoms with Crippen LogP contribution in [0.15, 0.2) is 12.2 Å². The van der Waals surface area contributed by atoms with Crippen LogP contribution in [0.4, 0.5) is 4.79 Å². The third kappa shape index (κ3) is 1.91. The molecule has 0 aliphatic carbocycles. The topological polar surface area (TPSA) is 86.7 Å². The summed E-state index contributed by atoms with van der Waals surface area (Å²) in [5, 5.41) is 11.2. The first-order valence-corrected chi connectivity index (χ1v) is 4.87. The lowest BCUT2D eigenvalue weighted by molar-refractivity contribution is -0.133. The average molecular weight is 226 g/mol. The molecular formula is C10H14N2O4. The molecule has 1 unspecified atom stereocenters. The maximum Gasteiger partial charge on any atom is 0.332 e. The van der Waals surface area contributed by atoms with Gasteiger partial charge in [-0.05, 0) is 13.3 Å². The zero-order chi connectivity index (χ0) is 12.5. The maximum atomic E-state index is 11.8. The molecule has 1 aliphatic heterocycles. The molecule has 2 N–H and O–H groups in total. The van der Waals surface area contributed by atoms with Crippen molar-refractivity contribution in [2.45, 2.75) is 25.8 Å². The normalized spacial score (nSPS) is 24.5. The van der Waals surface area contributed by atoms with E-state index in [2.05, 4.69) is 11.9 Å². The van der Waals surface area contributed by atoms with Crippen LogP contribution >= 0.6 is 0 Å². The van der Waals surface area contributed by atoms with Crippen molar-refractivity contribution in [3.8, 4) is 0 Å². The van der Waals surface area contributed by atoms with Crippen molar-refractivity contribution in [2.24, 2.45) is 0 Å². The van der Waals surface area contributed by atoms with Gasteiger partial charge in [-0.15, -0.1) is 0 Å². The Labute approximate surface area is 92.9 Å². The number of carbonyl (C=O) groups excluding carboxylic acids is 2. The molecule has 1 fully saturated rings. The molecule has 0 saturated carbocycles. The van der Waals surface area contributed by atoms with Gasteiger partial charge in [0.2, 0.25) is 0 Å². The smallest absolute Gasteiger partial charge is 0.332 e. The van der Waals surface area contributed by atoms with Crippen LogP contribution < -0.4 is 5.32 Å². The van der Waals surface area contributed by atoms with Gasteiger partial charge in [-0.2, -0.15) is 0 Å². The molecule has 0 spiro atoms. The first-order chi connectivity index (χ1) is 7.31. The number of hydrogen-bond donors (Lipinski definition) is 2. The zero-order valence-corrected chi connectivity index (χ0v) is 9.24. The van der Waals surface area contributed by atoms with E-state index in [9.17, 15) is 14.4 Å². The average Bonchev–Trinajstić information content (AvgIpc) is 2.42. The third-order valence-electron chi connectivity index (χ3n) is 2.70. The fraction of sp³-hybridized carbons (Fsp3) is 0.500. The van der Waals surface area contributed by atoms with E-state index in [1.807, 2.05) is 0 Å². The van der Waals surface area contributed by atoms with Gasteiger partial charge in [0.25, 0.3) is 5.91 Å². The van der Waals surface area contributed by atoms with E-state index in [0.717, 1.165) is 4.90 Å². The van der Waals surface area contributed by atoms with Crippen molar-refractivity contribution in [3.05, 3.63) is 12.2 Å². The predicted molar refractivity (Wildman–Crippen MR) is 55.7 cm³/mol. The molecule has 0 aromatic rings. The van der Waals surface area contributed by atoms with Gasteiger partial charge in [-0.3, -0.25) is 9.69 Å². The third-order valence-corrected chi connectivity index (χ3v) is 2.70. The molecular weight excluding hydrogens is 212 g/mol. The second-order valence-corrected chi connectivity index (χ2v) is 3.92. The largest absolute Gasteiger partial charge is 0.478 e. The van der Waals surface area contributed by atoms with Gasteiger partial charge in [0, 0.05) is 5.57 Å². The van der Waals surface area contributed by atoms with Gasteiger partial charge in [0.05, 0.1) is 6.54 Å². The van der Waals surface area contributed by atoms with Gasteiger partial charge in [0.1, 0.15) is 5.54 Å². The van der Waals surface area contributed by atoms with Crippen molar-refractivity contribution >= 4 is 17.9 Å². The number of rotatable bonds is 4. The van der Waals surface area contributed by atoms with Crippen molar-refractivity contribution in [3.63, 3.8) is 0 Å². The Morgan fingerprint density at radius 3 is 2.50 bits per heavy atom. The van der Waals surface area contributed by atoms with Gasteiger partial charge in [-0.1, -0.05) is 13.5 Å². The number of urea groups is 1. The van der Waals surface area contributed by atoms with E-state index in [-0.39, 0.29) is 12.1 Å². The second-order valence-electron chi connectivity index (χ2n) is 3.92.